The van der Waals surface area contributed by atoms with Crippen molar-refractivity contribution in [1.29, 1.82) is 5.26 Å². The average Bonchev–Trinajstić information content (AvgIpc) is 3.17. The van der Waals surface area contributed by atoms with Crippen LogP contribution in [-0.2, 0) is 9.59 Å². The molecule has 28 heavy (non-hydrogen) atoms. The number of fused-ring (bicyclic) bond motifs is 5. The highest BCUT2D eigenvalue weighted by Crippen LogP contribution is 2.52. The van der Waals surface area contributed by atoms with Gasteiger partial charge in [0.1, 0.15) is 6.04 Å². The maximum absolute atomic E-state index is 13.5. The first-order valence-electron chi connectivity index (χ1n) is 9.42. The number of imide groups is 1. The molecule has 2 saturated heterocycles. The molecule has 2 aromatic carbocycles. The van der Waals surface area contributed by atoms with Crippen molar-refractivity contribution in [3.63, 3.8) is 0 Å². The molecule has 2 fully saturated rings. The maximum atomic E-state index is 13.5. The molecule has 5 heteroatoms. The summed E-state index contributed by atoms with van der Waals surface area (Å²) in [5, 5.41) is 9.83. The molecule has 0 radical (unpaired) electrons. The Bertz CT molecular complexity index is 1100. The van der Waals surface area contributed by atoms with Gasteiger partial charge < -0.3 is 4.90 Å². The van der Waals surface area contributed by atoms with E-state index in [1.165, 1.54) is 4.90 Å². The van der Waals surface area contributed by atoms with Gasteiger partial charge in [0.25, 0.3) is 0 Å². The van der Waals surface area contributed by atoms with Gasteiger partial charge in [-0.05, 0) is 54.3 Å². The van der Waals surface area contributed by atoms with Crippen molar-refractivity contribution in [2.75, 3.05) is 4.90 Å². The van der Waals surface area contributed by atoms with E-state index in [0.717, 1.165) is 22.3 Å². The number of hydrogen-bond acceptors (Lipinski definition) is 4. The molecule has 0 aliphatic carbocycles. The van der Waals surface area contributed by atoms with Crippen LogP contribution in [0.25, 0.3) is 6.08 Å². The number of benzene rings is 2. The van der Waals surface area contributed by atoms with Crippen molar-refractivity contribution in [2.45, 2.75) is 25.9 Å². The quantitative estimate of drug-likeness (QED) is 0.723. The fourth-order valence-electron chi connectivity index (χ4n) is 4.82. The Balaban J connectivity index is 1.63. The molecule has 0 unspecified atom stereocenters. The van der Waals surface area contributed by atoms with E-state index >= 15 is 0 Å². The molecule has 5 rings (SSSR count). The van der Waals surface area contributed by atoms with Crippen LogP contribution >= 0.6 is 0 Å². The lowest BCUT2D eigenvalue weighted by atomic mass is 9.85. The van der Waals surface area contributed by atoms with E-state index in [4.69, 9.17) is 0 Å². The maximum Gasteiger partial charge on any atom is 0.240 e. The van der Waals surface area contributed by atoms with E-state index in [9.17, 15) is 14.9 Å². The second-order valence-electron chi connectivity index (χ2n) is 7.74. The van der Waals surface area contributed by atoms with Crippen molar-refractivity contribution in [3.8, 4) is 6.07 Å². The molecule has 2 amide bonds. The highest BCUT2D eigenvalue weighted by atomic mass is 16.2. The summed E-state index contributed by atoms with van der Waals surface area (Å²) in [6, 6.07) is 14.8. The summed E-state index contributed by atoms with van der Waals surface area (Å²) in [6.45, 7) is 3.96. The SMILES string of the molecule is Cc1ccc(N2C(=O)[C@@H]3[C@H](C2=O)[C@@H]2c4ccccc4C=CN2[C@H]3C#N)cc1C. The van der Waals surface area contributed by atoms with Gasteiger partial charge in [-0.15, -0.1) is 0 Å². The molecule has 0 aromatic heterocycles. The summed E-state index contributed by atoms with van der Waals surface area (Å²) in [4.78, 5) is 30.0. The minimum Gasteiger partial charge on any atom is -0.353 e. The standard InChI is InChI=1S/C23H19N3O2/c1-13-7-8-16(11-14(13)2)26-22(27)19-18(12-24)25-10-9-15-5-3-4-6-17(15)21(25)20(19)23(26)28/h3-11,18-21H,1-2H3/t18-,19-,20-,21-/m0/s1. The van der Waals surface area contributed by atoms with Crippen LogP contribution in [0.5, 0.6) is 0 Å². The van der Waals surface area contributed by atoms with E-state index in [-0.39, 0.29) is 17.9 Å². The topological polar surface area (TPSA) is 64.4 Å². The second kappa shape index (κ2) is 5.80. The third-order valence-corrected chi connectivity index (χ3v) is 6.34. The van der Waals surface area contributed by atoms with Crippen LogP contribution in [0.2, 0.25) is 0 Å². The van der Waals surface area contributed by atoms with Gasteiger partial charge >= 0.3 is 0 Å². The Morgan fingerprint density at radius 2 is 1.71 bits per heavy atom. The number of hydrogen-bond donors (Lipinski definition) is 0. The Labute approximate surface area is 163 Å². The molecule has 0 spiro atoms. The van der Waals surface area contributed by atoms with Crippen LogP contribution in [0.1, 0.15) is 28.3 Å². The monoisotopic (exact) mass is 369 g/mol. The molecule has 5 nitrogen and oxygen atoms in total. The number of carbonyl (C=O) groups excluding carboxylic acids is 2. The van der Waals surface area contributed by atoms with Gasteiger partial charge in [0.15, 0.2) is 0 Å². The van der Waals surface area contributed by atoms with Crippen LogP contribution in [0, 0.1) is 37.0 Å². The zero-order valence-corrected chi connectivity index (χ0v) is 15.7. The third-order valence-electron chi connectivity index (χ3n) is 6.34. The number of aryl methyl sites for hydroxylation is 2. The van der Waals surface area contributed by atoms with Crippen LogP contribution in [0.15, 0.2) is 48.7 Å². The van der Waals surface area contributed by atoms with E-state index in [2.05, 4.69) is 6.07 Å². The van der Waals surface area contributed by atoms with Crippen molar-refractivity contribution in [2.24, 2.45) is 11.8 Å². The lowest BCUT2D eigenvalue weighted by molar-refractivity contribution is -0.123. The summed E-state index contributed by atoms with van der Waals surface area (Å²) in [5.41, 5.74) is 4.76. The molecule has 3 aliphatic rings. The molecule has 2 aromatic rings. The van der Waals surface area contributed by atoms with Gasteiger partial charge in [-0.3, -0.25) is 9.59 Å². The van der Waals surface area contributed by atoms with Gasteiger partial charge in [0, 0.05) is 6.20 Å². The predicted molar refractivity (Wildman–Crippen MR) is 105 cm³/mol. The molecule has 4 atom stereocenters. The first-order chi connectivity index (χ1) is 13.5. The Kier molecular flexibility index (Phi) is 3.47. The molecule has 0 bridgehead atoms. The van der Waals surface area contributed by atoms with Gasteiger partial charge in [0.2, 0.25) is 11.8 Å². The molecular formula is C23H19N3O2. The summed E-state index contributed by atoms with van der Waals surface area (Å²) >= 11 is 0. The molecule has 0 N–H and O–H groups in total. The predicted octanol–water partition coefficient (Wildman–Crippen LogP) is 3.34. The minimum absolute atomic E-state index is 0.212. The summed E-state index contributed by atoms with van der Waals surface area (Å²) in [6.07, 6.45) is 3.81. The number of anilines is 1. The fourth-order valence-corrected chi connectivity index (χ4v) is 4.82. The Morgan fingerprint density at radius 3 is 2.46 bits per heavy atom. The molecule has 3 heterocycles. The fraction of sp³-hybridized carbons (Fsp3) is 0.261. The Morgan fingerprint density at radius 1 is 0.964 bits per heavy atom. The first kappa shape index (κ1) is 16.8. The number of nitriles is 1. The third kappa shape index (κ3) is 2.06. The van der Waals surface area contributed by atoms with Gasteiger partial charge in [0.05, 0.1) is 29.6 Å². The van der Waals surface area contributed by atoms with E-state index in [1.54, 1.807) is 0 Å². The molecule has 138 valence electrons. The Hall–Kier alpha value is -3.39. The van der Waals surface area contributed by atoms with E-state index < -0.39 is 17.9 Å². The van der Waals surface area contributed by atoms with Crippen LogP contribution in [-0.4, -0.2) is 22.8 Å². The second-order valence-corrected chi connectivity index (χ2v) is 7.74. The van der Waals surface area contributed by atoms with Crippen molar-refractivity contribution in [1.82, 2.24) is 4.90 Å². The molecule has 0 saturated carbocycles. The lowest BCUT2D eigenvalue weighted by Crippen LogP contribution is -2.40. The summed E-state index contributed by atoms with van der Waals surface area (Å²) in [7, 11) is 0. The van der Waals surface area contributed by atoms with Crippen molar-refractivity contribution in [3.05, 3.63) is 70.9 Å². The number of amides is 2. The van der Waals surface area contributed by atoms with Gasteiger partial charge in [-0.2, -0.15) is 5.26 Å². The van der Waals surface area contributed by atoms with Gasteiger partial charge in [-0.1, -0.05) is 30.3 Å². The molecule has 3 aliphatic heterocycles. The van der Waals surface area contributed by atoms with Crippen molar-refractivity contribution >= 4 is 23.6 Å². The van der Waals surface area contributed by atoms with Gasteiger partial charge in [-0.25, -0.2) is 4.90 Å². The molecular weight excluding hydrogens is 350 g/mol. The smallest absolute Gasteiger partial charge is 0.240 e. The highest BCUT2D eigenvalue weighted by molar-refractivity contribution is 6.23. The zero-order chi connectivity index (χ0) is 19.6. The average molecular weight is 369 g/mol. The van der Waals surface area contributed by atoms with Crippen LogP contribution in [0.4, 0.5) is 5.69 Å². The van der Waals surface area contributed by atoms with Crippen molar-refractivity contribution < 1.29 is 9.59 Å². The van der Waals surface area contributed by atoms with E-state index in [0.29, 0.717) is 5.69 Å². The largest absolute Gasteiger partial charge is 0.353 e. The zero-order valence-electron chi connectivity index (χ0n) is 15.7. The highest BCUT2D eigenvalue weighted by Gasteiger charge is 2.63. The van der Waals surface area contributed by atoms with Crippen LogP contribution < -0.4 is 4.90 Å². The summed E-state index contributed by atoms with van der Waals surface area (Å²) < 4.78 is 0. The minimum atomic E-state index is -0.653. The number of rotatable bonds is 1. The van der Waals surface area contributed by atoms with Crippen LogP contribution in [0.3, 0.4) is 0 Å². The van der Waals surface area contributed by atoms with E-state index in [1.807, 2.05) is 73.5 Å². The number of nitrogens with zero attached hydrogens (tertiary/aromatic N) is 3. The first-order valence-corrected chi connectivity index (χ1v) is 9.42. The summed E-state index contributed by atoms with van der Waals surface area (Å²) in [5.74, 6) is -1.69. The lowest BCUT2D eigenvalue weighted by Gasteiger charge is -2.33. The normalized spacial score (nSPS) is 27.5. The number of carbonyl (C=O) groups is 2.